The molecule has 2 aromatic heterocycles. The van der Waals surface area contributed by atoms with E-state index in [1.165, 1.54) is 12.8 Å². The van der Waals surface area contributed by atoms with Crippen LogP contribution in [0.1, 0.15) is 19.3 Å². The van der Waals surface area contributed by atoms with Crippen molar-refractivity contribution in [2.75, 3.05) is 5.75 Å². The highest BCUT2D eigenvalue weighted by Crippen LogP contribution is 2.21. The Bertz CT molecular complexity index is 666. The van der Waals surface area contributed by atoms with E-state index in [1.807, 2.05) is 53.7 Å². The summed E-state index contributed by atoms with van der Waals surface area (Å²) in [6.07, 6.45) is 5.28. The molecule has 114 valence electrons. The summed E-state index contributed by atoms with van der Waals surface area (Å²) < 4.78 is 1.16. The van der Waals surface area contributed by atoms with Gasteiger partial charge < -0.3 is 0 Å². The van der Waals surface area contributed by atoms with Crippen molar-refractivity contribution in [3.63, 3.8) is 0 Å². The summed E-state index contributed by atoms with van der Waals surface area (Å²) in [6, 6.07) is 9.94. The number of hydrogen-bond donors (Lipinski definition) is 0. The highest BCUT2D eigenvalue weighted by Gasteiger charge is 2.04. The smallest absolute Gasteiger partial charge is 0.204 e. The number of unbranched alkanes of at least 4 members (excludes halogenated alkanes) is 2. The van der Waals surface area contributed by atoms with Crippen molar-refractivity contribution in [3.05, 3.63) is 41.9 Å². The predicted molar refractivity (Wildman–Crippen MR) is 89.9 cm³/mol. The van der Waals surface area contributed by atoms with Crippen LogP contribution in [0.25, 0.3) is 11.4 Å². The molecule has 0 radical (unpaired) electrons. The molecule has 3 rings (SSSR count). The van der Waals surface area contributed by atoms with Gasteiger partial charge in [0.05, 0.1) is 6.54 Å². The molecule has 5 nitrogen and oxygen atoms in total. The molecule has 22 heavy (non-hydrogen) atoms. The van der Waals surface area contributed by atoms with Crippen molar-refractivity contribution < 1.29 is 0 Å². The maximum Gasteiger partial charge on any atom is 0.204 e. The van der Waals surface area contributed by atoms with Crippen molar-refractivity contribution in [1.29, 1.82) is 0 Å². The van der Waals surface area contributed by atoms with Gasteiger partial charge in [-0.15, -0.1) is 21.5 Å². The maximum absolute atomic E-state index is 4.42. The average Bonchev–Trinajstić information content (AvgIpc) is 3.23. The molecule has 0 saturated heterocycles. The van der Waals surface area contributed by atoms with Gasteiger partial charge in [0.25, 0.3) is 0 Å². The summed E-state index contributed by atoms with van der Waals surface area (Å²) >= 11 is 3.54. The summed E-state index contributed by atoms with van der Waals surface area (Å²) in [7, 11) is 0. The van der Waals surface area contributed by atoms with Crippen LogP contribution in [0, 0.1) is 0 Å². The first-order valence-corrected chi connectivity index (χ1v) is 9.14. The van der Waals surface area contributed by atoms with E-state index in [9.17, 15) is 0 Å². The molecular weight excluding hydrogens is 314 g/mol. The normalized spacial score (nSPS) is 10.9. The van der Waals surface area contributed by atoms with E-state index < -0.39 is 0 Å². The van der Waals surface area contributed by atoms with Crippen LogP contribution in [0.4, 0.5) is 0 Å². The lowest BCUT2D eigenvalue weighted by Gasteiger charge is -1.99. The molecule has 0 N–H and O–H groups in total. The SMILES string of the molecule is c1ccc(-c2nnn(CCCCCSc3nccs3)n2)cc1. The Morgan fingerprint density at radius 1 is 1.09 bits per heavy atom. The maximum atomic E-state index is 4.42. The summed E-state index contributed by atoms with van der Waals surface area (Å²) in [6.45, 7) is 0.821. The number of aryl methyl sites for hydroxylation is 1. The van der Waals surface area contributed by atoms with Gasteiger partial charge in [-0.3, -0.25) is 0 Å². The molecule has 0 spiro atoms. The van der Waals surface area contributed by atoms with Gasteiger partial charge in [0.15, 0.2) is 0 Å². The number of thioether (sulfide) groups is 1. The number of thiazole rings is 1. The zero-order valence-electron chi connectivity index (χ0n) is 12.1. The largest absolute Gasteiger partial charge is 0.238 e. The highest BCUT2D eigenvalue weighted by molar-refractivity contribution is 8.00. The lowest BCUT2D eigenvalue weighted by atomic mass is 10.2. The van der Waals surface area contributed by atoms with Crippen molar-refractivity contribution in [3.8, 4) is 11.4 Å². The number of nitrogens with zero attached hydrogens (tertiary/aromatic N) is 5. The van der Waals surface area contributed by atoms with Gasteiger partial charge in [0.1, 0.15) is 4.34 Å². The van der Waals surface area contributed by atoms with Crippen molar-refractivity contribution in [1.82, 2.24) is 25.2 Å². The van der Waals surface area contributed by atoms with Crippen LogP contribution in [-0.4, -0.2) is 30.9 Å². The molecule has 0 amide bonds. The van der Waals surface area contributed by atoms with E-state index in [4.69, 9.17) is 0 Å². The molecule has 7 heteroatoms. The zero-order valence-corrected chi connectivity index (χ0v) is 13.8. The first-order valence-electron chi connectivity index (χ1n) is 7.27. The zero-order chi connectivity index (χ0) is 15.0. The Morgan fingerprint density at radius 2 is 2.00 bits per heavy atom. The van der Waals surface area contributed by atoms with Crippen molar-refractivity contribution in [2.24, 2.45) is 0 Å². The van der Waals surface area contributed by atoms with E-state index in [0.717, 1.165) is 28.6 Å². The molecule has 0 atom stereocenters. The highest BCUT2D eigenvalue weighted by atomic mass is 32.2. The third-order valence-corrected chi connectivity index (χ3v) is 5.17. The number of rotatable bonds is 8. The van der Waals surface area contributed by atoms with Gasteiger partial charge in [0.2, 0.25) is 5.82 Å². The molecule has 0 bridgehead atoms. The fourth-order valence-electron chi connectivity index (χ4n) is 2.01. The summed E-state index contributed by atoms with van der Waals surface area (Å²) in [5, 5.41) is 14.7. The number of aromatic nitrogens is 5. The summed E-state index contributed by atoms with van der Waals surface area (Å²) in [5.41, 5.74) is 1.01. The first-order chi connectivity index (χ1) is 10.9. The van der Waals surface area contributed by atoms with Gasteiger partial charge in [-0.2, -0.15) is 4.80 Å². The standard InChI is InChI=1S/C15H17N5S2/c1-3-7-13(8-4-1)14-17-19-20(18-14)10-5-2-6-11-21-15-16-9-12-22-15/h1,3-4,7-9,12H,2,5-6,10-11H2. The number of tetrazole rings is 1. The van der Waals surface area contributed by atoms with Crippen LogP contribution in [0.5, 0.6) is 0 Å². The van der Waals surface area contributed by atoms with E-state index in [2.05, 4.69) is 20.4 Å². The van der Waals surface area contributed by atoms with Gasteiger partial charge in [-0.25, -0.2) is 4.98 Å². The Kier molecular flexibility index (Phi) is 5.55. The van der Waals surface area contributed by atoms with Crippen LogP contribution >= 0.6 is 23.1 Å². The average molecular weight is 331 g/mol. The summed E-state index contributed by atoms with van der Waals surface area (Å²) in [5.74, 6) is 1.81. The second-order valence-electron chi connectivity index (χ2n) is 4.78. The molecule has 0 saturated carbocycles. The van der Waals surface area contributed by atoms with Crippen LogP contribution in [0.2, 0.25) is 0 Å². The van der Waals surface area contributed by atoms with Crippen LogP contribution < -0.4 is 0 Å². The fourth-order valence-corrected chi connectivity index (χ4v) is 3.72. The van der Waals surface area contributed by atoms with E-state index in [-0.39, 0.29) is 0 Å². The molecule has 0 aliphatic heterocycles. The van der Waals surface area contributed by atoms with Gasteiger partial charge in [-0.1, -0.05) is 48.5 Å². The Hall–Kier alpha value is -1.73. The lowest BCUT2D eigenvalue weighted by Crippen LogP contribution is -2.02. The van der Waals surface area contributed by atoms with Crippen LogP contribution in [0.3, 0.4) is 0 Å². The third kappa shape index (κ3) is 4.38. The van der Waals surface area contributed by atoms with Crippen LogP contribution in [-0.2, 0) is 6.54 Å². The molecular formula is C15H17N5S2. The second-order valence-corrected chi connectivity index (χ2v) is 7.02. The van der Waals surface area contributed by atoms with E-state index >= 15 is 0 Å². The molecule has 0 aliphatic rings. The van der Waals surface area contributed by atoms with E-state index in [1.54, 1.807) is 16.1 Å². The molecule has 2 heterocycles. The monoisotopic (exact) mass is 331 g/mol. The Balaban J connectivity index is 1.36. The van der Waals surface area contributed by atoms with Gasteiger partial charge >= 0.3 is 0 Å². The second kappa shape index (κ2) is 8.05. The number of hydrogen-bond acceptors (Lipinski definition) is 6. The molecule has 3 aromatic rings. The van der Waals surface area contributed by atoms with Gasteiger partial charge in [0, 0.05) is 22.9 Å². The van der Waals surface area contributed by atoms with Crippen molar-refractivity contribution in [2.45, 2.75) is 30.1 Å². The van der Waals surface area contributed by atoms with Gasteiger partial charge in [-0.05, 0) is 18.1 Å². The predicted octanol–water partition coefficient (Wildman–Crippen LogP) is 3.76. The Labute approximate surface area is 137 Å². The Morgan fingerprint density at radius 3 is 2.82 bits per heavy atom. The summed E-state index contributed by atoms with van der Waals surface area (Å²) in [4.78, 5) is 5.95. The first kappa shape index (κ1) is 15.2. The fraction of sp³-hybridized carbons (Fsp3) is 0.333. The van der Waals surface area contributed by atoms with E-state index in [0.29, 0.717) is 5.82 Å². The number of benzene rings is 1. The third-order valence-electron chi connectivity index (χ3n) is 3.12. The van der Waals surface area contributed by atoms with Crippen LogP contribution in [0.15, 0.2) is 46.2 Å². The quantitative estimate of drug-likeness (QED) is 0.465. The minimum atomic E-state index is 0.694. The topological polar surface area (TPSA) is 56.5 Å². The lowest BCUT2D eigenvalue weighted by molar-refractivity contribution is 0.487. The molecule has 0 fully saturated rings. The minimum absolute atomic E-state index is 0.694. The molecule has 0 unspecified atom stereocenters. The molecule has 1 aromatic carbocycles. The minimum Gasteiger partial charge on any atom is -0.238 e. The molecule has 0 aliphatic carbocycles. The van der Waals surface area contributed by atoms with Crippen molar-refractivity contribution >= 4 is 23.1 Å².